The fourth-order valence-corrected chi connectivity index (χ4v) is 3.69. The van der Waals surface area contributed by atoms with Gasteiger partial charge in [-0.25, -0.2) is 13.4 Å². The molecule has 1 aliphatic heterocycles. The third-order valence-electron chi connectivity index (χ3n) is 4.46. The summed E-state index contributed by atoms with van der Waals surface area (Å²) in [6.45, 7) is 2.98. The number of nitrogens with zero attached hydrogens (tertiary/aromatic N) is 2. The number of ether oxygens (including phenoxy) is 1. The van der Waals surface area contributed by atoms with Gasteiger partial charge in [-0.3, -0.25) is 4.72 Å². The smallest absolute Gasteiger partial charge is 0.229 e. The summed E-state index contributed by atoms with van der Waals surface area (Å²) in [5.41, 5.74) is 1.53. The van der Waals surface area contributed by atoms with Gasteiger partial charge in [-0.1, -0.05) is 18.2 Å². The average Bonchev–Trinajstić information content (AvgIpc) is 2.72. The van der Waals surface area contributed by atoms with E-state index in [1.165, 1.54) is 19.3 Å². The highest BCUT2D eigenvalue weighted by atomic mass is 127. The van der Waals surface area contributed by atoms with Gasteiger partial charge in [0.2, 0.25) is 10.0 Å². The molecule has 0 aliphatic carbocycles. The van der Waals surface area contributed by atoms with E-state index >= 15 is 0 Å². The fourth-order valence-electron chi connectivity index (χ4n) is 3.12. The van der Waals surface area contributed by atoms with Crippen molar-refractivity contribution < 1.29 is 13.2 Å². The molecule has 0 amide bonds. The first kappa shape index (κ1) is 24.3. The predicted octanol–water partition coefficient (Wildman–Crippen LogP) is 4.01. The zero-order valence-corrected chi connectivity index (χ0v) is 20.2. The molecule has 164 valence electrons. The SMILES string of the molecule is CS(=O)(=O)Nc1ccc(OCCN=C(Nc2ccccc2)N2CCCCC2)cc1.I. The third kappa shape index (κ3) is 8.39. The highest BCUT2D eigenvalue weighted by molar-refractivity contribution is 14.0. The van der Waals surface area contributed by atoms with Gasteiger partial charge in [-0.2, -0.15) is 0 Å². The molecule has 0 aromatic heterocycles. The van der Waals surface area contributed by atoms with Crippen LogP contribution < -0.4 is 14.8 Å². The van der Waals surface area contributed by atoms with E-state index in [0.717, 1.165) is 31.0 Å². The van der Waals surface area contributed by atoms with Gasteiger partial charge >= 0.3 is 0 Å². The second-order valence-corrected chi connectivity index (χ2v) is 8.74. The molecule has 3 rings (SSSR count). The Morgan fingerprint density at radius 1 is 1.00 bits per heavy atom. The topological polar surface area (TPSA) is 83.0 Å². The molecule has 2 N–H and O–H groups in total. The minimum absolute atomic E-state index is 0. The first-order valence-electron chi connectivity index (χ1n) is 9.82. The Kier molecular flexibility index (Phi) is 9.70. The average molecular weight is 544 g/mol. The summed E-state index contributed by atoms with van der Waals surface area (Å²) in [5, 5.41) is 3.43. The molecule has 9 heteroatoms. The summed E-state index contributed by atoms with van der Waals surface area (Å²) in [4.78, 5) is 7.03. The zero-order valence-electron chi connectivity index (χ0n) is 17.1. The second-order valence-electron chi connectivity index (χ2n) is 6.99. The van der Waals surface area contributed by atoms with Crippen molar-refractivity contribution in [2.24, 2.45) is 4.99 Å². The van der Waals surface area contributed by atoms with Crippen LogP contribution in [-0.4, -0.2) is 51.8 Å². The third-order valence-corrected chi connectivity index (χ3v) is 5.07. The molecule has 0 spiro atoms. The number of hydrogen-bond acceptors (Lipinski definition) is 4. The largest absolute Gasteiger partial charge is 0.492 e. The maximum absolute atomic E-state index is 11.3. The minimum Gasteiger partial charge on any atom is -0.492 e. The van der Waals surface area contributed by atoms with Gasteiger partial charge in [-0.05, 0) is 55.7 Å². The first-order valence-corrected chi connectivity index (χ1v) is 11.7. The highest BCUT2D eigenvalue weighted by Crippen LogP contribution is 2.17. The number of benzene rings is 2. The lowest BCUT2D eigenvalue weighted by molar-refractivity contribution is 0.322. The molecule has 30 heavy (non-hydrogen) atoms. The Morgan fingerprint density at radius 3 is 2.30 bits per heavy atom. The number of hydrogen-bond donors (Lipinski definition) is 2. The number of piperidine rings is 1. The molecule has 1 aliphatic rings. The van der Waals surface area contributed by atoms with E-state index in [-0.39, 0.29) is 24.0 Å². The molecule has 2 aromatic rings. The molecule has 7 nitrogen and oxygen atoms in total. The van der Waals surface area contributed by atoms with E-state index in [9.17, 15) is 8.42 Å². The molecule has 1 fully saturated rings. The normalized spacial score (nSPS) is 14.6. The van der Waals surface area contributed by atoms with Crippen molar-refractivity contribution in [3.63, 3.8) is 0 Å². The molecule has 1 heterocycles. The van der Waals surface area contributed by atoms with E-state index in [1.54, 1.807) is 24.3 Å². The van der Waals surface area contributed by atoms with Crippen LogP contribution in [-0.2, 0) is 10.0 Å². The van der Waals surface area contributed by atoms with Crippen molar-refractivity contribution in [2.75, 3.05) is 42.5 Å². The number of likely N-dealkylation sites (tertiary alicyclic amines) is 1. The van der Waals surface area contributed by atoms with Crippen LogP contribution in [0.3, 0.4) is 0 Å². The Hall–Kier alpha value is -2.01. The lowest BCUT2D eigenvalue weighted by Gasteiger charge is -2.30. The second kappa shape index (κ2) is 12.0. The Labute approximate surface area is 196 Å². The molecule has 0 bridgehead atoms. The molecular weight excluding hydrogens is 515 g/mol. The van der Waals surface area contributed by atoms with Crippen LogP contribution >= 0.6 is 24.0 Å². The molecule has 0 unspecified atom stereocenters. The van der Waals surface area contributed by atoms with Gasteiger partial charge < -0.3 is 15.0 Å². The molecule has 1 saturated heterocycles. The summed E-state index contributed by atoms with van der Waals surface area (Å²) in [5.74, 6) is 1.56. The van der Waals surface area contributed by atoms with Gasteiger partial charge in [0.1, 0.15) is 12.4 Å². The van der Waals surface area contributed by atoms with Crippen LogP contribution in [0.2, 0.25) is 0 Å². The van der Waals surface area contributed by atoms with Crippen LogP contribution in [0.15, 0.2) is 59.6 Å². The van der Waals surface area contributed by atoms with Gasteiger partial charge in [0, 0.05) is 24.5 Å². The monoisotopic (exact) mass is 544 g/mol. The van der Waals surface area contributed by atoms with E-state index in [1.807, 2.05) is 30.3 Å². The van der Waals surface area contributed by atoms with Crippen LogP contribution in [0.5, 0.6) is 5.75 Å². The first-order chi connectivity index (χ1) is 14.0. The summed E-state index contributed by atoms with van der Waals surface area (Å²) >= 11 is 0. The Morgan fingerprint density at radius 2 is 1.67 bits per heavy atom. The number of nitrogens with one attached hydrogen (secondary N) is 2. The van der Waals surface area contributed by atoms with E-state index < -0.39 is 10.0 Å². The number of sulfonamides is 1. The Bertz CT molecular complexity index is 900. The number of para-hydroxylation sites is 1. The van der Waals surface area contributed by atoms with Crippen molar-refractivity contribution in [2.45, 2.75) is 19.3 Å². The fraction of sp³-hybridized carbons (Fsp3) is 0.381. The minimum atomic E-state index is -3.28. The molecule has 0 saturated carbocycles. The van der Waals surface area contributed by atoms with Crippen molar-refractivity contribution in [3.8, 4) is 5.75 Å². The molecular formula is C21H29IN4O3S. The predicted molar refractivity (Wildman–Crippen MR) is 134 cm³/mol. The van der Waals surface area contributed by atoms with Gasteiger partial charge in [0.25, 0.3) is 0 Å². The van der Waals surface area contributed by atoms with Crippen LogP contribution in [0.4, 0.5) is 11.4 Å². The lowest BCUT2D eigenvalue weighted by atomic mass is 10.1. The lowest BCUT2D eigenvalue weighted by Crippen LogP contribution is -2.40. The summed E-state index contributed by atoms with van der Waals surface area (Å²) in [6.07, 6.45) is 4.75. The molecule has 0 atom stereocenters. The number of anilines is 2. The van der Waals surface area contributed by atoms with Crippen molar-refractivity contribution >= 4 is 51.3 Å². The summed E-state index contributed by atoms with van der Waals surface area (Å²) in [6, 6.07) is 16.9. The quantitative estimate of drug-likeness (QED) is 0.238. The number of halogens is 1. The van der Waals surface area contributed by atoms with Crippen LogP contribution in [0.1, 0.15) is 19.3 Å². The Balaban J connectivity index is 0.00000320. The number of guanidine groups is 1. The van der Waals surface area contributed by atoms with Crippen molar-refractivity contribution in [1.29, 1.82) is 0 Å². The highest BCUT2D eigenvalue weighted by Gasteiger charge is 2.14. The van der Waals surface area contributed by atoms with Crippen molar-refractivity contribution in [1.82, 2.24) is 4.90 Å². The zero-order chi connectivity index (χ0) is 20.5. The van der Waals surface area contributed by atoms with Gasteiger partial charge in [0.05, 0.1) is 12.8 Å². The van der Waals surface area contributed by atoms with Gasteiger partial charge in [0.15, 0.2) is 5.96 Å². The summed E-state index contributed by atoms with van der Waals surface area (Å²) in [7, 11) is -3.28. The van der Waals surface area contributed by atoms with Crippen LogP contribution in [0.25, 0.3) is 0 Å². The van der Waals surface area contributed by atoms with Crippen LogP contribution in [0, 0.1) is 0 Å². The summed E-state index contributed by atoms with van der Waals surface area (Å²) < 4.78 is 30.7. The molecule has 2 aromatic carbocycles. The van der Waals surface area contributed by atoms with Crippen molar-refractivity contribution in [3.05, 3.63) is 54.6 Å². The van der Waals surface area contributed by atoms with E-state index in [2.05, 4.69) is 14.9 Å². The number of aliphatic imine (C=N–C) groups is 1. The molecule has 0 radical (unpaired) electrons. The van der Waals surface area contributed by atoms with Gasteiger partial charge in [-0.15, -0.1) is 24.0 Å². The maximum Gasteiger partial charge on any atom is 0.229 e. The standard InChI is InChI=1S/C21H28N4O3S.HI/c1-29(26,27)24-19-10-12-20(13-11-19)28-17-14-22-21(25-15-6-3-7-16-25)23-18-8-4-2-5-9-18;/h2,4-5,8-13,24H,3,6-7,14-17H2,1H3,(H,22,23);1H. The maximum atomic E-state index is 11.3. The van der Waals surface area contributed by atoms with E-state index in [0.29, 0.717) is 24.6 Å². The van der Waals surface area contributed by atoms with E-state index in [4.69, 9.17) is 9.73 Å². The number of rotatable bonds is 7.